The molecule has 0 aliphatic carbocycles. The smallest absolute Gasteiger partial charge is 0.328 e. The van der Waals surface area contributed by atoms with Crippen LogP contribution < -0.4 is 5.32 Å². The van der Waals surface area contributed by atoms with Gasteiger partial charge in [-0.2, -0.15) is 0 Å². The van der Waals surface area contributed by atoms with E-state index in [4.69, 9.17) is 9.26 Å². The van der Waals surface area contributed by atoms with E-state index in [1.54, 1.807) is 6.92 Å². The van der Waals surface area contributed by atoms with Gasteiger partial charge in [-0.25, -0.2) is 0 Å². The molecular formula is C11H26NO4P. The van der Waals surface area contributed by atoms with Crippen molar-refractivity contribution in [3.63, 3.8) is 0 Å². The van der Waals surface area contributed by atoms with Gasteiger partial charge in [-0.3, -0.25) is 4.57 Å². The Morgan fingerprint density at radius 3 is 2.47 bits per heavy atom. The summed E-state index contributed by atoms with van der Waals surface area (Å²) in [5, 5.41) is 3.27. The number of ether oxygens (including phenoxy) is 1. The molecule has 104 valence electrons. The lowest BCUT2D eigenvalue weighted by Crippen LogP contribution is -2.18. The zero-order chi connectivity index (χ0) is 13.0. The minimum atomic E-state index is -3.31. The SMILES string of the molecule is CCOCCCNCCCCP(=O)(O)OCC. The topological polar surface area (TPSA) is 67.8 Å². The maximum atomic E-state index is 11.3. The molecule has 5 nitrogen and oxygen atoms in total. The normalized spacial score (nSPS) is 14.8. The van der Waals surface area contributed by atoms with E-state index in [-0.39, 0.29) is 6.16 Å². The molecule has 0 aromatic carbocycles. The van der Waals surface area contributed by atoms with Crippen molar-refractivity contribution in [2.75, 3.05) is 39.1 Å². The van der Waals surface area contributed by atoms with Crippen LogP contribution in [0, 0.1) is 0 Å². The Balaban J connectivity index is 3.21. The first-order chi connectivity index (χ1) is 8.12. The Hall–Kier alpha value is 0.0700. The lowest BCUT2D eigenvalue weighted by Gasteiger charge is -2.10. The highest BCUT2D eigenvalue weighted by Gasteiger charge is 2.16. The maximum absolute atomic E-state index is 11.3. The molecule has 17 heavy (non-hydrogen) atoms. The lowest BCUT2D eigenvalue weighted by atomic mass is 10.3. The van der Waals surface area contributed by atoms with E-state index in [0.717, 1.165) is 39.1 Å². The van der Waals surface area contributed by atoms with Crippen LogP contribution in [0.4, 0.5) is 0 Å². The molecule has 0 aliphatic heterocycles. The largest absolute Gasteiger partial charge is 0.382 e. The van der Waals surface area contributed by atoms with Gasteiger partial charge in [0, 0.05) is 13.2 Å². The predicted molar refractivity (Wildman–Crippen MR) is 69.5 cm³/mol. The average Bonchev–Trinajstić information content (AvgIpc) is 2.27. The first-order valence-electron chi connectivity index (χ1n) is 6.37. The van der Waals surface area contributed by atoms with Gasteiger partial charge in [0.25, 0.3) is 0 Å². The lowest BCUT2D eigenvalue weighted by molar-refractivity contribution is 0.145. The number of unbranched alkanes of at least 4 members (excludes halogenated alkanes) is 1. The second kappa shape index (κ2) is 11.2. The summed E-state index contributed by atoms with van der Waals surface area (Å²) in [5.74, 6) is 0. The predicted octanol–water partition coefficient (Wildman–Crippen LogP) is 2.00. The van der Waals surface area contributed by atoms with Crippen LogP contribution in [0.25, 0.3) is 0 Å². The Kier molecular flexibility index (Phi) is 11.2. The summed E-state index contributed by atoms with van der Waals surface area (Å²) < 4.78 is 21.3. The standard InChI is InChI=1S/C11H26NO4P/c1-3-15-10-7-9-12-8-5-6-11-17(13,14)16-4-2/h12H,3-11H2,1-2H3,(H,13,14). The molecule has 0 amide bonds. The van der Waals surface area contributed by atoms with Gasteiger partial charge in [-0.05, 0) is 46.2 Å². The van der Waals surface area contributed by atoms with E-state index in [9.17, 15) is 9.46 Å². The van der Waals surface area contributed by atoms with Crippen LogP contribution in [0.1, 0.15) is 33.1 Å². The Morgan fingerprint density at radius 1 is 1.12 bits per heavy atom. The molecule has 0 bridgehead atoms. The van der Waals surface area contributed by atoms with Crippen molar-refractivity contribution in [3.05, 3.63) is 0 Å². The number of rotatable bonds is 12. The van der Waals surface area contributed by atoms with Gasteiger partial charge in [-0.1, -0.05) is 0 Å². The van der Waals surface area contributed by atoms with Gasteiger partial charge in [0.2, 0.25) is 0 Å². The summed E-state index contributed by atoms with van der Waals surface area (Å²) in [5.41, 5.74) is 0. The second-order valence-corrected chi connectivity index (χ2v) is 5.77. The van der Waals surface area contributed by atoms with Crippen molar-refractivity contribution in [2.24, 2.45) is 0 Å². The Morgan fingerprint density at radius 2 is 1.82 bits per heavy atom. The minimum absolute atomic E-state index is 0.251. The molecular weight excluding hydrogens is 241 g/mol. The summed E-state index contributed by atoms with van der Waals surface area (Å²) >= 11 is 0. The molecule has 0 rings (SSSR count). The summed E-state index contributed by atoms with van der Waals surface area (Å²) in [7, 11) is -3.31. The molecule has 1 atom stereocenters. The van der Waals surface area contributed by atoms with E-state index in [1.807, 2.05) is 6.92 Å². The third kappa shape index (κ3) is 12.3. The fourth-order valence-corrected chi connectivity index (χ4v) is 2.55. The molecule has 6 heteroatoms. The molecule has 2 N–H and O–H groups in total. The van der Waals surface area contributed by atoms with Crippen LogP contribution in [0.5, 0.6) is 0 Å². The Labute approximate surface area is 104 Å². The molecule has 0 heterocycles. The van der Waals surface area contributed by atoms with E-state index in [0.29, 0.717) is 13.0 Å². The van der Waals surface area contributed by atoms with Crippen LogP contribution in [-0.4, -0.2) is 44.0 Å². The Bertz CT molecular complexity index is 214. The number of hydrogen-bond donors (Lipinski definition) is 2. The fraction of sp³-hybridized carbons (Fsp3) is 1.00. The number of nitrogens with one attached hydrogen (secondary N) is 1. The van der Waals surface area contributed by atoms with Gasteiger partial charge in [0.05, 0.1) is 12.8 Å². The minimum Gasteiger partial charge on any atom is -0.382 e. The van der Waals surface area contributed by atoms with Crippen molar-refractivity contribution < 1.29 is 18.7 Å². The van der Waals surface area contributed by atoms with Crippen LogP contribution in [0.2, 0.25) is 0 Å². The molecule has 0 saturated heterocycles. The molecule has 0 aromatic rings. The van der Waals surface area contributed by atoms with Crippen LogP contribution in [-0.2, 0) is 13.8 Å². The molecule has 0 aromatic heterocycles. The van der Waals surface area contributed by atoms with Crippen LogP contribution >= 0.6 is 7.60 Å². The first-order valence-corrected chi connectivity index (χ1v) is 8.13. The van der Waals surface area contributed by atoms with Gasteiger partial charge in [-0.15, -0.1) is 0 Å². The van der Waals surface area contributed by atoms with E-state index < -0.39 is 7.60 Å². The summed E-state index contributed by atoms with van der Waals surface area (Å²) in [6.07, 6.45) is 2.87. The first kappa shape index (κ1) is 17.1. The quantitative estimate of drug-likeness (QED) is 0.418. The molecule has 0 saturated carbocycles. The molecule has 0 radical (unpaired) electrons. The van der Waals surface area contributed by atoms with Crippen molar-refractivity contribution in [2.45, 2.75) is 33.1 Å². The third-order valence-corrected chi connectivity index (χ3v) is 3.76. The highest BCUT2D eigenvalue weighted by atomic mass is 31.2. The summed E-state index contributed by atoms with van der Waals surface area (Å²) in [6, 6.07) is 0. The van der Waals surface area contributed by atoms with E-state index in [2.05, 4.69) is 5.32 Å². The van der Waals surface area contributed by atoms with E-state index in [1.165, 1.54) is 0 Å². The monoisotopic (exact) mass is 267 g/mol. The fourth-order valence-electron chi connectivity index (χ4n) is 1.40. The van der Waals surface area contributed by atoms with Gasteiger partial charge in [0.1, 0.15) is 0 Å². The van der Waals surface area contributed by atoms with Gasteiger partial charge in [0.15, 0.2) is 0 Å². The van der Waals surface area contributed by atoms with Crippen molar-refractivity contribution in [1.82, 2.24) is 5.32 Å². The third-order valence-electron chi connectivity index (χ3n) is 2.22. The zero-order valence-electron chi connectivity index (χ0n) is 11.0. The van der Waals surface area contributed by atoms with Crippen LogP contribution in [0.15, 0.2) is 0 Å². The summed E-state index contributed by atoms with van der Waals surface area (Å²) in [6.45, 7) is 7.37. The molecule has 0 spiro atoms. The molecule has 0 fully saturated rings. The average molecular weight is 267 g/mol. The molecule has 0 aliphatic rings. The summed E-state index contributed by atoms with van der Waals surface area (Å²) in [4.78, 5) is 9.31. The molecule has 1 unspecified atom stereocenters. The zero-order valence-corrected chi connectivity index (χ0v) is 11.9. The highest BCUT2D eigenvalue weighted by molar-refractivity contribution is 7.52. The van der Waals surface area contributed by atoms with E-state index >= 15 is 0 Å². The number of hydrogen-bond acceptors (Lipinski definition) is 4. The highest BCUT2D eigenvalue weighted by Crippen LogP contribution is 2.42. The van der Waals surface area contributed by atoms with Crippen molar-refractivity contribution >= 4 is 7.60 Å². The van der Waals surface area contributed by atoms with Crippen molar-refractivity contribution in [1.29, 1.82) is 0 Å². The van der Waals surface area contributed by atoms with Gasteiger partial charge < -0.3 is 19.5 Å². The van der Waals surface area contributed by atoms with Crippen molar-refractivity contribution in [3.8, 4) is 0 Å². The maximum Gasteiger partial charge on any atom is 0.328 e. The van der Waals surface area contributed by atoms with Crippen LogP contribution in [0.3, 0.4) is 0 Å². The second-order valence-electron chi connectivity index (χ2n) is 3.79. The van der Waals surface area contributed by atoms with Gasteiger partial charge >= 0.3 is 7.60 Å².